The molecule has 6 N–H and O–H groups in total. The number of ether oxygens (including phenoxy) is 3. The Labute approximate surface area is 453 Å². The Morgan fingerprint density at radius 2 is 0.878 bits per heavy atom. The Bertz CT molecular complexity index is 1370. The van der Waals surface area contributed by atoms with E-state index in [9.17, 15) is 35.1 Å². The molecule has 1 rings (SSSR count). The molecule has 0 aromatic heterocycles. The lowest BCUT2D eigenvalue weighted by molar-refractivity contribution is -0.302. The molecule has 0 aromatic carbocycles. The van der Waals surface area contributed by atoms with Crippen LogP contribution in [0.15, 0.2) is 48.6 Å². The Hall–Kier alpha value is -2.38. The molecular formula is C63H115NO10. The first-order valence-electron chi connectivity index (χ1n) is 30.9. The minimum absolute atomic E-state index is 0.0144. The smallest absolute Gasteiger partial charge is 0.305 e. The van der Waals surface area contributed by atoms with E-state index in [-0.39, 0.29) is 18.5 Å². The van der Waals surface area contributed by atoms with E-state index in [0.717, 1.165) is 89.9 Å². The number of amides is 1. The molecule has 0 radical (unpaired) electrons. The van der Waals surface area contributed by atoms with Crippen LogP contribution in [0.2, 0.25) is 0 Å². The lowest BCUT2D eigenvalue weighted by Gasteiger charge is -2.40. The summed E-state index contributed by atoms with van der Waals surface area (Å²) in [6.07, 6.45) is 56.6. The monoisotopic (exact) mass is 1050 g/mol. The number of hydrogen-bond acceptors (Lipinski definition) is 10. The summed E-state index contributed by atoms with van der Waals surface area (Å²) in [5, 5.41) is 54.1. The van der Waals surface area contributed by atoms with Crippen LogP contribution in [0.3, 0.4) is 0 Å². The fraction of sp³-hybridized carbons (Fsp3) is 0.841. The first-order chi connectivity index (χ1) is 36.2. The van der Waals surface area contributed by atoms with E-state index >= 15 is 0 Å². The van der Waals surface area contributed by atoms with Gasteiger partial charge in [-0.05, 0) is 96.3 Å². The fourth-order valence-corrected chi connectivity index (χ4v) is 9.44. The van der Waals surface area contributed by atoms with Gasteiger partial charge >= 0.3 is 5.97 Å². The second-order valence-electron chi connectivity index (χ2n) is 21.4. The number of aliphatic hydroxyl groups is 5. The lowest BCUT2D eigenvalue weighted by Crippen LogP contribution is -2.60. The van der Waals surface area contributed by atoms with Crippen molar-refractivity contribution < 1.29 is 49.3 Å². The zero-order valence-corrected chi connectivity index (χ0v) is 47.6. The number of rotatable bonds is 53. The molecule has 1 aliphatic heterocycles. The third-order valence-corrected chi connectivity index (χ3v) is 14.4. The van der Waals surface area contributed by atoms with Gasteiger partial charge < -0.3 is 45.1 Å². The van der Waals surface area contributed by atoms with E-state index in [1.54, 1.807) is 6.08 Å². The summed E-state index contributed by atoms with van der Waals surface area (Å²) in [5.41, 5.74) is 0. The van der Waals surface area contributed by atoms with Crippen molar-refractivity contribution in [1.29, 1.82) is 0 Å². The van der Waals surface area contributed by atoms with Crippen LogP contribution in [0.1, 0.15) is 277 Å². The molecule has 1 fully saturated rings. The summed E-state index contributed by atoms with van der Waals surface area (Å²) >= 11 is 0. The predicted octanol–water partition coefficient (Wildman–Crippen LogP) is 14.5. The topological polar surface area (TPSA) is 175 Å². The summed E-state index contributed by atoms with van der Waals surface area (Å²) in [4.78, 5) is 25.1. The molecule has 1 saturated heterocycles. The molecule has 0 aliphatic carbocycles. The Kier molecular flexibility index (Phi) is 49.6. The van der Waals surface area contributed by atoms with E-state index in [1.807, 2.05) is 6.08 Å². The molecule has 0 aromatic rings. The van der Waals surface area contributed by atoms with Gasteiger partial charge in [-0.3, -0.25) is 9.59 Å². The molecular weight excluding hydrogens is 931 g/mol. The van der Waals surface area contributed by atoms with Crippen LogP contribution in [-0.4, -0.2) is 100 Å². The highest BCUT2D eigenvalue weighted by Gasteiger charge is 2.44. The highest BCUT2D eigenvalue weighted by Crippen LogP contribution is 2.23. The zero-order chi connectivity index (χ0) is 53.8. The number of esters is 1. The van der Waals surface area contributed by atoms with Crippen molar-refractivity contribution in [2.75, 3.05) is 19.8 Å². The van der Waals surface area contributed by atoms with E-state index < -0.39 is 49.5 Å². The maximum atomic E-state index is 13.0. The zero-order valence-electron chi connectivity index (χ0n) is 47.6. The van der Waals surface area contributed by atoms with Gasteiger partial charge in [-0.15, -0.1) is 0 Å². The SMILES string of the molecule is CCCCC/C=C/CC/C=C/C(O)C(COC1OC(CO)C(O)C(O)C1O)NC(=O)CCCCCCC/C=C\CCCCCCCCCCCOC(=O)CCCCCCCCCCC/C=C\CCCCCCCC. The second-order valence-corrected chi connectivity index (χ2v) is 21.4. The van der Waals surface area contributed by atoms with Crippen LogP contribution >= 0.6 is 0 Å². The minimum Gasteiger partial charge on any atom is -0.466 e. The number of hydrogen-bond donors (Lipinski definition) is 6. The molecule has 1 aliphatic rings. The number of carbonyl (C=O) groups is 2. The normalized spacial score (nSPS) is 19.1. The van der Waals surface area contributed by atoms with Crippen molar-refractivity contribution >= 4 is 11.9 Å². The number of aliphatic hydroxyl groups excluding tert-OH is 5. The lowest BCUT2D eigenvalue weighted by atomic mass is 9.99. The van der Waals surface area contributed by atoms with Gasteiger partial charge in [0, 0.05) is 12.8 Å². The van der Waals surface area contributed by atoms with Crippen molar-refractivity contribution in [2.45, 2.75) is 320 Å². The third-order valence-electron chi connectivity index (χ3n) is 14.4. The van der Waals surface area contributed by atoms with Gasteiger partial charge in [0.2, 0.25) is 5.91 Å². The van der Waals surface area contributed by atoms with Crippen LogP contribution in [0.4, 0.5) is 0 Å². The summed E-state index contributed by atoms with van der Waals surface area (Å²) in [6, 6.07) is -0.837. The number of unbranched alkanes of at least 4 members (excludes halogenated alkanes) is 33. The van der Waals surface area contributed by atoms with Crippen LogP contribution in [0.25, 0.3) is 0 Å². The van der Waals surface area contributed by atoms with Gasteiger partial charge in [-0.25, -0.2) is 0 Å². The van der Waals surface area contributed by atoms with Gasteiger partial charge in [0.1, 0.15) is 24.4 Å². The predicted molar refractivity (Wildman–Crippen MR) is 306 cm³/mol. The molecule has 74 heavy (non-hydrogen) atoms. The Morgan fingerprint density at radius 3 is 1.36 bits per heavy atom. The Morgan fingerprint density at radius 1 is 0.486 bits per heavy atom. The number of nitrogens with one attached hydrogen (secondary N) is 1. The molecule has 0 saturated carbocycles. The summed E-state index contributed by atoms with van der Waals surface area (Å²) in [5.74, 6) is -0.224. The van der Waals surface area contributed by atoms with Crippen molar-refractivity contribution in [2.24, 2.45) is 0 Å². The maximum absolute atomic E-state index is 13.0. The molecule has 1 heterocycles. The number of allylic oxidation sites excluding steroid dienone is 7. The highest BCUT2D eigenvalue weighted by atomic mass is 16.7. The van der Waals surface area contributed by atoms with Gasteiger partial charge in [0.05, 0.1) is 32.0 Å². The van der Waals surface area contributed by atoms with Gasteiger partial charge in [-0.1, -0.05) is 217 Å². The second kappa shape index (κ2) is 52.7. The molecule has 1 amide bonds. The molecule has 0 bridgehead atoms. The first-order valence-corrected chi connectivity index (χ1v) is 30.9. The van der Waals surface area contributed by atoms with Crippen molar-refractivity contribution in [1.82, 2.24) is 5.32 Å². The van der Waals surface area contributed by atoms with Gasteiger partial charge in [0.25, 0.3) is 0 Å². The minimum atomic E-state index is -1.58. The maximum Gasteiger partial charge on any atom is 0.305 e. The molecule has 0 spiro atoms. The van der Waals surface area contributed by atoms with Crippen molar-refractivity contribution in [3.8, 4) is 0 Å². The summed E-state index contributed by atoms with van der Waals surface area (Å²) in [6.45, 7) is 4.25. The summed E-state index contributed by atoms with van der Waals surface area (Å²) in [7, 11) is 0. The standard InChI is InChI=1S/C63H115NO10/c1-3-5-7-9-11-13-14-15-16-17-18-22-25-28-31-35-39-43-47-51-59(68)72-52-48-44-40-36-32-29-26-23-20-19-21-24-27-30-34-38-42-46-50-58(67)64-55(56(66)49-45-41-37-33-12-10-8-6-4-2)54-73-63-62(71)61(70)60(69)57(53-65)74-63/h12,15-16,21,24,33,45,49,55-57,60-63,65-66,69-71H,3-11,13-14,17-20,22-23,25-32,34-44,46-48,50-54H2,1-2H3,(H,64,67)/b16-15-,24-21-,33-12+,49-45+. The molecule has 7 atom stereocenters. The average molecular weight is 1050 g/mol. The van der Waals surface area contributed by atoms with E-state index in [2.05, 4.69) is 55.6 Å². The van der Waals surface area contributed by atoms with Crippen LogP contribution < -0.4 is 5.32 Å². The van der Waals surface area contributed by atoms with E-state index in [0.29, 0.717) is 19.4 Å². The quantitative estimate of drug-likeness (QED) is 0.0195. The van der Waals surface area contributed by atoms with Crippen molar-refractivity contribution in [3.05, 3.63) is 48.6 Å². The van der Waals surface area contributed by atoms with Crippen LogP contribution in [0.5, 0.6) is 0 Å². The van der Waals surface area contributed by atoms with Crippen LogP contribution in [0, 0.1) is 0 Å². The molecule has 7 unspecified atom stereocenters. The molecule has 11 nitrogen and oxygen atoms in total. The average Bonchev–Trinajstić information content (AvgIpc) is 3.40. The molecule has 11 heteroatoms. The van der Waals surface area contributed by atoms with E-state index in [1.165, 1.54) is 161 Å². The highest BCUT2D eigenvalue weighted by molar-refractivity contribution is 5.76. The summed E-state index contributed by atoms with van der Waals surface area (Å²) < 4.78 is 16.7. The van der Waals surface area contributed by atoms with E-state index in [4.69, 9.17) is 14.2 Å². The Balaban J connectivity index is 2.01. The largest absolute Gasteiger partial charge is 0.466 e. The fourth-order valence-electron chi connectivity index (χ4n) is 9.44. The molecule has 432 valence electrons. The van der Waals surface area contributed by atoms with Crippen molar-refractivity contribution in [3.63, 3.8) is 0 Å². The van der Waals surface area contributed by atoms with Gasteiger partial charge in [-0.2, -0.15) is 0 Å². The first kappa shape index (κ1) is 69.6. The third kappa shape index (κ3) is 41.7. The van der Waals surface area contributed by atoms with Gasteiger partial charge in [0.15, 0.2) is 6.29 Å². The number of carbonyl (C=O) groups excluding carboxylic acids is 2. The van der Waals surface area contributed by atoms with Crippen LogP contribution in [-0.2, 0) is 23.8 Å².